The third-order valence-electron chi connectivity index (χ3n) is 2.22. The first-order valence-electron chi connectivity index (χ1n) is 5.57. The molecule has 18 heavy (non-hydrogen) atoms. The number of nitrogens with zero attached hydrogens (tertiary/aromatic N) is 1. The normalized spacial score (nSPS) is 11.6. The molecule has 1 rings (SSSR count). The summed E-state index contributed by atoms with van der Waals surface area (Å²) >= 11 is 0. The molecule has 0 aromatic heterocycles. The Bertz CT molecular complexity index is 440. The lowest BCUT2D eigenvalue weighted by Crippen LogP contribution is -2.24. The smallest absolute Gasteiger partial charge is 0.250 e. The lowest BCUT2D eigenvalue weighted by molar-refractivity contribution is -0.123. The van der Waals surface area contributed by atoms with Crippen LogP contribution in [0, 0.1) is 11.3 Å². The highest BCUT2D eigenvalue weighted by Crippen LogP contribution is 2.13. The predicted octanol–water partition coefficient (Wildman–Crippen LogP) is 1.55. The molecule has 0 aliphatic carbocycles. The van der Waals surface area contributed by atoms with Crippen molar-refractivity contribution in [3.05, 3.63) is 29.8 Å². The molecule has 0 bridgehead atoms. The van der Waals surface area contributed by atoms with E-state index in [9.17, 15) is 4.79 Å². The lowest BCUT2D eigenvalue weighted by atomic mass is 10.2. The van der Waals surface area contributed by atoms with Gasteiger partial charge in [0.15, 0.2) is 0 Å². The van der Waals surface area contributed by atoms with Crippen molar-refractivity contribution in [1.82, 2.24) is 0 Å². The van der Waals surface area contributed by atoms with Crippen molar-refractivity contribution in [2.45, 2.75) is 13.0 Å². The van der Waals surface area contributed by atoms with Gasteiger partial charge in [0.2, 0.25) is 5.91 Å². The van der Waals surface area contributed by atoms with Crippen molar-refractivity contribution in [3.63, 3.8) is 0 Å². The van der Waals surface area contributed by atoms with Crippen LogP contribution in [0.1, 0.15) is 12.5 Å². The van der Waals surface area contributed by atoms with E-state index in [1.807, 2.05) is 13.0 Å². The number of anilines is 1. The third-order valence-corrected chi connectivity index (χ3v) is 2.22. The third kappa shape index (κ3) is 4.53. The number of benzene rings is 1. The van der Waals surface area contributed by atoms with Crippen molar-refractivity contribution >= 4 is 11.6 Å². The molecule has 0 fully saturated rings. The van der Waals surface area contributed by atoms with E-state index < -0.39 is 0 Å². The van der Waals surface area contributed by atoms with Crippen LogP contribution in [0.4, 0.5) is 5.69 Å². The number of nitriles is 1. The molecular formula is C13H16N2O3. The van der Waals surface area contributed by atoms with Crippen LogP contribution in [0.25, 0.3) is 0 Å². The quantitative estimate of drug-likeness (QED) is 0.829. The molecule has 1 N–H and O–H groups in total. The molecule has 1 aromatic carbocycles. The molecule has 5 nitrogen and oxygen atoms in total. The van der Waals surface area contributed by atoms with E-state index in [4.69, 9.17) is 14.7 Å². The van der Waals surface area contributed by atoms with Gasteiger partial charge in [0.25, 0.3) is 0 Å². The van der Waals surface area contributed by atoms with Crippen LogP contribution in [0.15, 0.2) is 24.3 Å². The average molecular weight is 248 g/mol. The summed E-state index contributed by atoms with van der Waals surface area (Å²) in [7, 11) is 1.57. The number of carbonyl (C=O) groups is 1. The minimum absolute atomic E-state index is 0.0652. The van der Waals surface area contributed by atoms with Crippen LogP contribution in [-0.2, 0) is 14.3 Å². The predicted molar refractivity (Wildman–Crippen MR) is 67.1 cm³/mol. The minimum atomic E-state index is -0.291. The van der Waals surface area contributed by atoms with Gasteiger partial charge in [-0.3, -0.25) is 4.79 Å². The molecule has 1 aromatic rings. The number of methoxy groups -OCH3 is 1. The first kappa shape index (κ1) is 14.2. The summed E-state index contributed by atoms with van der Waals surface area (Å²) in [4.78, 5) is 11.6. The maximum absolute atomic E-state index is 11.6. The molecule has 0 spiro atoms. The maximum atomic E-state index is 11.6. The summed E-state index contributed by atoms with van der Waals surface area (Å²) in [5.41, 5.74) is 0.920. The molecule has 0 aliphatic rings. The van der Waals surface area contributed by atoms with Crippen LogP contribution < -0.4 is 5.32 Å². The summed E-state index contributed by atoms with van der Waals surface area (Å²) in [6, 6.07) is 8.83. The highest BCUT2D eigenvalue weighted by Gasteiger charge is 2.08. The van der Waals surface area contributed by atoms with Crippen LogP contribution in [-0.4, -0.2) is 32.3 Å². The molecule has 96 valence electrons. The van der Waals surface area contributed by atoms with E-state index in [2.05, 4.69) is 5.32 Å². The molecule has 0 saturated carbocycles. The van der Waals surface area contributed by atoms with Crippen LogP contribution in [0.2, 0.25) is 0 Å². The second-order valence-corrected chi connectivity index (χ2v) is 3.78. The Labute approximate surface area is 106 Å². The van der Waals surface area contributed by atoms with Gasteiger partial charge in [-0.2, -0.15) is 5.26 Å². The molecule has 1 unspecified atom stereocenters. The second kappa shape index (κ2) is 7.43. The molecular weight excluding hydrogens is 232 g/mol. The summed E-state index contributed by atoms with van der Waals surface area (Å²) in [5, 5.41) is 11.5. The van der Waals surface area contributed by atoms with Gasteiger partial charge in [-0.15, -0.1) is 0 Å². The van der Waals surface area contributed by atoms with Gasteiger partial charge in [0, 0.05) is 7.11 Å². The molecule has 1 atom stereocenters. The Morgan fingerprint density at radius 1 is 1.50 bits per heavy atom. The lowest BCUT2D eigenvalue weighted by Gasteiger charge is -2.12. The molecule has 0 saturated heterocycles. The van der Waals surface area contributed by atoms with Gasteiger partial charge in [-0.05, 0) is 19.1 Å². The zero-order chi connectivity index (χ0) is 13.4. The van der Waals surface area contributed by atoms with Crippen molar-refractivity contribution in [1.29, 1.82) is 5.26 Å². The highest BCUT2D eigenvalue weighted by molar-refractivity contribution is 5.92. The standard InChI is InChI=1S/C13H16N2O3/c1-10(8-17-2)18-9-13(16)15-12-6-4-3-5-11(12)7-14/h3-6,10H,8-9H2,1-2H3,(H,15,16). The summed E-state index contributed by atoms with van der Waals surface area (Å²) in [6.07, 6.45) is -0.146. The zero-order valence-corrected chi connectivity index (χ0v) is 10.5. The highest BCUT2D eigenvalue weighted by atomic mass is 16.5. The monoisotopic (exact) mass is 248 g/mol. The SMILES string of the molecule is COCC(C)OCC(=O)Nc1ccccc1C#N. The van der Waals surface area contributed by atoms with E-state index in [1.165, 1.54) is 0 Å². The van der Waals surface area contributed by atoms with E-state index in [0.29, 0.717) is 17.9 Å². The number of rotatable bonds is 6. The fraction of sp³-hybridized carbons (Fsp3) is 0.385. The number of ether oxygens (including phenoxy) is 2. The molecule has 5 heteroatoms. The fourth-order valence-corrected chi connectivity index (χ4v) is 1.38. The topological polar surface area (TPSA) is 71.3 Å². The molecule has 0 radical (unpaired) electrons. The largest absolute Gasteiger partial charge is 0.382 e. The Balaban J connectivity index is 2.48. The van der Waals surface area contributed by atoms with Crippen LogP contribution in [0.5, 0.6) is 0 Å². The Morgan fingerprint density at radius 3 is 2.89 bits per heavy atom. The number of amides is 1. The fourth-order valence-electron chi connectivity index (χ4n) is 1.38. The van der Waals surface area contributed by atoms with Crippen molar-refractivity contribution in [2.75, 3.05) is 25.6 Å². The van der Waals surface area contributed by atoms with Gasteiger partial charge in [-0.1, -0.05) is 12.1 Å². The van der Waals surface area contributed by atoms with Crippen LogP contribution in [0.3, 0.4) is 0 Å². The Kier molecular flexibility index (Phi) is 5.85. The minimum Gasteiger partial charge on any atom is -0.382 e. The van der Waals surface area contributed by atoms with Gasteiger partial charge in [0.05, 0.1) is 24.0 Å². The number of para-hydroxylation sites is 1. The molecule has 0 aliphatic heterocycles. The molecule has 1 amide bonds. The Hall–Kier alpha value is -1.90. The zero-order valence-electron chi connectivity index (χ0n) is 10.5. The Morgan fingerprint density at radius 2 is 2.22 bits per heavy atom. The van der Waals surface area contributed by atoms with Gasteiger partial charge in [0.1, 0.15) is 12.7 Å². The van der Waals surface area contributed by atoms with Crippen LogP contribution >= 0.6 is 0 Å². The van der Waals surface area contributed by atoms with E-state index >= 15 is 0 Å². The number of hydrogen-bond acceptors (Lipinski definition) is 4. The first-order chi connectivity index (χ1) is 8.67. The molecule has 0 heterocycles. The summed E-state index contributed by atoms with van der Waals surface area (Å²) in [6.45, 7) is 2.19. The van der Waals surface area contributed by atoms with Gasteiger partial charge >= 0.3 is 0 Å². The van der Waals surface area contributed by atoms with Gasteiger partial charge in [-0.25, -0.2) is 0 Å². The first-order valence-corrected chi connectivity index (χ1v) is 5.57. The van der Waals surface area contributed by atoms with E-state index in [0.717, 1.165) is 0 Å². The van der Waals surface area contributed by atoms with Crippen molar-refractivity contribution in [2.24, 2.45) is 0 Å². The number of carbonyl (C=O) groups excluding carboxylic acids is 1. The second-order valence-electron chi connectivity index (χ2n) is 3.78. The van der Waals surface area contributed by atoms with Crippen molar-refractivity contribution in [3.8, 4) is 6.07 Å². The maximum Gasteiger partial charge on any atom is 0.250 e. The summed E-state index contributed by atoms with van der Waals surface area (Å²) in [5.74, 6) is -0.291. The summed E-state index contributed by atoms with van der Waals surface area (Å²) < 4.78 is 10.2. The number of nitrogens with one attached hydrogen (secondary N) is 1. The number of hydrogen-bond donors (Lipinski definition) is 1. The average Bonchev–Trinajstić information content (AvgIpc) is 2.37. The van der Waals surface area contributed by atoms with Crippen molar-refractivity contribution < 1.29 is 14.3 Å². The van der Waals surface area contributed by atoms with Gasteiger partial charge < -0.3 is 14.8 Å². The van der Waals surface area contributed by atoms with E-state index in [1.54, 1.807) is 31.4 Å². The van der Waals surface area contributed by atoms with E-state index in [-0.39, 0.29) is 18.6 Å².